The van der Waals surface area contributed by atoms with Crippen molar-refractivity contribution in [3.63, 3.8) is 0 Å². The maximum atomic E-state index is 12.6. The normalized spacial score (nSPS) is 10.6. The number of hydrogen-bond acceptors (Lipinski definition) is 7. The molecular weight excluding hydrogens is 430 g/mol. The summed E-state index contributed by atoms with van der Waals surface area (Å²) in [7, 11) is 1.46. The monoisotopic (exact) mass is 445 g/mol. The lowest BCUT2D eigenvalue weighted by Crippen LogP contribution is -2.14. The SMILES string of the molecule is Cc1cc(Oc2cc(NC(=O)c3nn(C)c(C)c3[N+](=O)[O-])cc([N+](=O)[O-])c2)ccc1Cl. The van der Waals surface area contributed by atoms with Crippen molar-refractivity contribution in [1.82, 2.24) is 9.78 Å². The van der Waals surface area contributed by atoms with Crippen molar-refractivity contribution in [2.24, 2.45) is 7.05 Å². The molecule has 3 aromatic rings. The minimum absolute atomic E-state index is 0.0116. The van der Waals surface area contributed by atoms with E-state index >= 15 is 0 Å². The fourth-order valence-corrected chi connectivity index (χ4v) is 2.91. The summed E-state index contributed by atoms with van der Waals surface area (Å²) in [6.07, 6.45) is 0. The van der Waals surface area contributed by atoms with Crippen molar-refractivity contribution in [3.8, 4) is 11.5 Å². The molecule has 2 aromatic carbocycles. The van der Waals surface area contributed by atoms with E-state index in [4.69, 9.17) is 16.3 Å². The highest BCUT2D eigenvalue weighted by molar-refractivity contribution is 6.31. The molecule has 0 aliphatic carbocycles. The third-order valence-corrected chi connectivity index (χ3v) is 4.85. The third kappa shape index (κ3) is 4.61. The number of anilines is 1. The van der Waals surface area contributed by atoms with Gasteiger partial charge in [-0.25, -0.2) is 0 Å². The van der Waals surface area contributed by atoms with Crippen LogP contribution in [0, 0.1) is 34.1 Å². The molecule has 0 radical (unpaired) electrons. The number of rotatable bonds is 6. The summed E-state index contributed by atoms with van der Waals surface area (Å²) in [6, 6.07) is 8.52. The molecule has 31 heavy (non-hydrogen) atoms. The van der Waals surface area contributed by atoms with Gasteiger partial charge >= 0.3 is 5.69 Å². The fourth-order valence-electron chi connectivity index (χ4n) is 2.80. The van der Waals surface area contributed by atoms with Crippen LogP contribution < -0.4 is 10.1 Å². The van der Waals surface area contributed by atoms with E-state index in [-0.39, 0.29) is 22.8 Å². The number of aryl methyl sites for hydroxylation is 2. The largest absolute Gasteiger partial charge is 0.457 e. The van der Waals surface area contributed by atoms with Gasteiger partial charge in [0.2, 0.25) is 5.69 Å². The number of carbonyl (C=O) groups is 1. The average Bonchev–Trinajstić information content (AvgIpc) is 2.99. The van der Waals surface area contributed by atoms with E-state index in [1.165, 1.54) is 30.8 Å². The number of nitro groups is 2. The number of aromatic nitrogens is 2. The van der Waals surface area contributed by atoms with Crippen LogP contribution in [0.2, 0.25) is 5.02 Å². The summed E-state index contributed by atoms with van der Waals surface area (Å²) in [4.78, 5) is 33.9. The first-order valence-corrected chi connectivity index (χ1v) is 9.17. The van der Waals surface area contributed by atoms with Gasteiger partial charge in [-0.2, -0.15) is 5.10 Å². The van der Waals surface area contributed by atoms with E-state index < -0.39 is 27.1 Å². The van der Waals surface area contributed by atoms with Gasteiger partial charge in [-0.05, 0) is 37.6 Å². The number of hydrogen-bond donors (Lipinski definition) is 1. The molecule has 0 unspecified atom stereocenters. The predicted octanol–water partition coefficient (Wildman–Crippen LogP) is 4.55. The number of carbonyl (C=O) groups excluding carboxylic acids is 1. The first kappa shape index (κ1) is 21.7. The second kappa shape index (κ2) is 8.40. The van der Waals surface area contributed by atoms with Crippen molar-refractivity contribution in [2.75, 3.05) is 5.32 Å². The van der Waals surface area contributed by atoms with Crippen molar-refractivity contribution in [2.45, 2.75) is 13.8 Å². The van der Waals surface area contributed by atoms with Gasteiger partial charge in [-0.15, -0.1) is 0 Å². The van der Waals surface area contributed by atoms with Gasteiger partial charge in [0.25, 0.3) is 11.6 Å². The van der Waals surface area contributed by atoms with Crippen molar-refractivity contribution in [1.29, 1.82) is 0 Å². The van der Waals surface area contributed by atoms with Crippen LogP contribution >= 0.6 is 11.6 Å². The Balaban J connectivity index is 1.95. The second-order valence-corrected chi connectivity index (χ2v) is 7.01. The quantitative estimate of drug-likeness (QED) is 0.433. The van der Waals surface area contributed by atoms with Crippen LogP contribution in [0.15, 0.2) is 36.4 Å². The Morgan fingerprint density at radius 3 is 2.42 bits per heavy atom. The average molecular weight is 446 g/mol. The summed E-state index contributed by atoms with van der Waals surface area (Å²) in [6.45, 7) is 3.23. The molecule has 0 aliphatic rings. The van der Waals surface area contributed by atoms with Crippen LogP contribution in [0.5, 0.6) is 11.5 Å². The standard InChI is InChI=1S/C19H16ClN5O6/c1-10-6-14(4-5-16(10)20)31-15-8-12(7-13(9-15)24(27)28)21-19(26)17-18(25(29)30)11(2)23(3)22-17/h4-9H,1-3H3,(H,21,26). The number of amides is 1. The number of halogens is 1. The predicted molar refractivity (Wildman–Crippen MR) is 112 cm³/mol. The Morgan fingerprint density at radius 2 is 1.81 bits per heavy atom. The summed E-state index contributed by atoms with van der Waals surface area (Å²) in [5, 5.41) is 29.5. The Labute approximate surface area is 180 Å². The van der Waals surface area contributed by atoms with E-state index in [1.54, 1.807) is 25.1 Å². The highest BCUT2D eigenvalue weighted by atomic mass is 35.5. The Hall–Kier alpha value is -3.99. The minimum atomic E-state index is -0.885. The zero-order valence-corrected chi connectivity index (χ0v) is 17.3. The Morgan fingerprint density at radius 1 is 1.10 bits per heavy atom. The minimum Gasteiger partial charge on any atom is -0.457 e. The Kier molecular flexibility index (Phi) is 5.88. The number of nitrogens with zero attached hydrogens (tertiary/aromatic N) is 4. The van der Waals surface area contributed by atoms with Crippen LogP contribution in [-0.4, -0.2) is 25.5 Å². The molecule has 1 aromatic heterocycles. The third-order valence-electron chi connectivity index (χ3n) is 4.43. The number of non-ortho nitro benzene ring substituents is 1. The smallest absolute Gasteiger partial charge is 0.322 e. The van der Waals surface area contributed by atoms with Crippen molar-refractivity contribution < 1.29 is 19.4 Å². The molecule has 1 heterocycles. The molecule has 0 saturated heterocycles. The number of benzene rings is 2. The molecule has 3 rings (SSSR count). The number of nitrogens with one attached hydrogen (secondary N) is 1. The first-order valence-electron chi connectivity index (χ1n) is 8.79. The molecule has 12 heteroatoms. The zero-order chi connectivity index (χ0) is 22.9. The summed E-state index contributed by atoms with van der Waals surface area (Å²) in [5.74, 6) is -0.419. The van der Waals surface area contributed by atoms with Gasteiger partial charge in [0, 0.05) is 24.2 Å². The molecule has 0 atom stereocenters. The molecule has 0 spiro atoms. The van der Waals surface area contributed by atoms with E-state index in [9.17, 15) is 25.0 Å². The van der Waals surface area contributed by atoms with Gasteiger partial charge in [-0.1, -0.05) is 11.6 Å². The van der Waals surface area contributed by atoms with E-state index in [0.29, 0.717) is 10.8 Å². The topological polar surface area (TPSA) is 142 Å². The van der Waals surface area contributed by atoms with Gasteiger partial charge in [-0.3, -0.25) is 29.7 Å². The number of ether oxygens (including phenoxy) is 1. The molecule has 1 N–H and O–H groups in total. The molecule has 0 saturated carbocycles. The maximum absolute atomic E-state index is 12.6. The first-order chi connectivity index (χ1) is 14.6. The molecule has 0 bridgehead atoms. The van der Waals surface area contributed by atoms with Crippen LogP contribution in [0.25, 0.3) is 0 Å². The molecule has 160 valence electrons. The maximum Gasteiger partial charge on any atom is 0.322 e. The second-order valence-electron chi connectivity index (χ2n) is 6.60. The number of nitro benzene ring substituents is 1. The lowest BCUT2D eigenvalue weighted by atomic mass is 10.2. The highest BCUT2D eigenvalue weighted by Gasteiger charge is 2.29. The van der Waals surface area contributed by atoms with Crippen molar-refractivity contribution in [3.05, 3.63) is 78.6 Å². The summed E-state index contributed by atoms with van der Waals surface area (Å²) < 4.78 is 6.88. The van der Waals surface area contributed by atoms with Gasteiger partial charge in [0.05, 0.1) is 21.6 Å². The molecule has 0 aliphatic heterocycles. The lowest BCUT2D eigenvalue weighted by Gasteiger charge is -2.10. The molecular formula is C19H16ClN5O6. The van der Waals surface area contributed by atoms with E-state index in [0.717, 1.165) is 11.6 Å². The van der Waals surface area contributed by atoms with Crippen LogP contribution in [0.4, 0.5) is 17.1 Å². The van der Waals surface area contributed by atoms with Gasteiger partial charge in [0.15, 0.2) is 0 Å². The fraction of sp³-hybridized carbons (Fsp3) is 0.158. The van der Waals surface area contributed by atoms with E-state index in [1.807, 2.05) is 0 Å². The molecule has 11 nitrogen and oxygen atoms in total. The van der Waals surface area contributed by atoms with E-state index in [2.05, 4.69) is 10.4 Å². The lowest BCUT2D eigenvalue weighted by molar-refractivity contribution is -0.385. The van der Waals surface area contributed by atoms with Crippen LogP contribution in [0.1, 0.15) is 21.7 Å². The molecule has 1 amide bonds. The summed E-state index contributed by atoms with van der Waals surface area (Å²) >= 11 is 5.99. The van der Waals surface area contributed by atoms with Crippen LogP contribution in [0.3, 0.4) is 0 Å². The van der Waals surface area contributed by atoms with Gasteiger partial charge < -0.3 is 10.1 Å². The van der Waals surface area contributed by atoms with Crippen molar-refractivity contribution >= 4 is 34.6 Å². The van der Waals surface area contributed by atoms with Crippen LogP contribution in [-0.2, 0) is 7.05 Å². The Bertz CT molecular complexity index is 1220. The zero-order valence-electron chi connectivity index (χ0n) is 16.6. The highest BCUT2D eigenvalue weighted by Crippen LogP contribution is 2.32. The molecule has 0 fully saturated rings. The van der Waals surface area contributed by atoms with Gasteiger partial charge in [0.1, 0.15) is 17.2 Å². The summed E-state index contributed by atoms with van der Waals surface area (Å²) in [5.41, 5.74) is -0.249.